The maximum absolute atomic E-state index is 13.0. The molecule has 0 unspecified atom stereocenters. The van der Waals surface area contributed by atoms with Gasteiger partial charge >= 0.3 is 0 Å². The first-order chi connectivity index (χ1) is 12.2. The van der Waals surface area contributed by atoms with Crippen LogP contribution in [0.4, 0.5) is 10.3 Å². The standard InChI is InChI=1S/C19H17FN2O3/c1-2-11-24-17-6-4-3-5-15(17)19(23)21-18-12-16(22-25-18)13-7-9-14(20)10-8-13/h3-10,12H,2,11H2,1H3,(H,21,23). The van der Waals surface area contributed by atoms with Gasteiger partial charge in [-0.2, -0.15) is 0 Å². The molecule has 0 fully saturated rings. The maximum Gasteiger partial charge on any atom is 0.261 e. The molecule has 0 radical (unpaired) electrons. The van der Waals surface area contributed by atoms with Crippen LogP contribution in [0.1, 0.15) is 23.7 Å². The highest BCUT2D eigenvalue weighted by atomic mass is 19.1. The number of benzene rings is 2. The van der Waals surface area contributed by atoms with E-state index < -0.39 is 0 Å². The molecule has 0 saturated heterocycles. The third kappa shape index (κ3) is 4.03. The van der Waals surface area contributed by atoms with Crippen molar-refractivity contribution in [3.8, 4) is 17.0 Å². The van der Waals surface area contributed by atoms with E-state index in [9.17, 15) is 9.18 Å². The highest BCUT2D eigenvalue weighted by Gasteiger charge is 2.15. The summed E-state index contributed by atoms with van der Waals surface area (Å²) in [7, 11) is 0. The van der Waals surface area contributed by atoms with Crippen LogP contribution in [0.2, 0.25) is 0 Å². The maximum atomic E-state index is 13.0. The summed E-state index contributed by atoms with van der Waals surface area (Å²) in [5, 5.41) is 6.55. The van der Waals surface area contributed by atoms with E-state index >= 15 is 0 Å². The van der Waals surface area contributed by atoms with Gasteiger partial charge in [0.15, 0.2) is 0 Å². The molecule has 6 heteroatoms. The van der Waals surface area contributed by atoms with Crippen molar-refractivity contribution in [3.63, 3.8) is 0 Å². The second-order valence-electron chi connectivity index (χ2n) is 5.38. The van der Waals surface area contributed by atoms with E-state index in [1.54, 1.807) is 36.4 Å². The molecule has 1 N–H and O–H groups in total. The third-order valence-electron chi connectivity index (χ3n) is 3.48. The Balaban J connectivity index is 1.75. The highest BCUT2D eigenvalue weighted by molar-refractivity contribution is 6.05. The summed E-state index contributed by atoms with van der Waals surface area (Å²) in [5.41, 5.74) is 1.61. The van der Waals surface area contributed by atoms with Gasteiger partial charge in [0.25, 0.3) is 5.91 Å². The van der Waals surface area contributed by atoms with Gasteiger partial charge < -0.3 is 9.26 Å². The average molecular weight is 340 g/mol. The summed E-state index contributed by atoms with van der Waals surface area (Å²) >= 11 is 0. The third-order valence-corrected chi connectivity index (χ3v) is 3.48. The quantitative estimate of drug-likeness (QED) is 0.716. The van der Waals surface area contributed by atoms with Crippen molar-refractivity contribution in [1.82, 2.24) is 5.16 Å². The Labute approximate surface area is 144 Å². The number of nitrogens with zero attached hydrogens (tertiary/aromatic N) is 1. The summed E-state index contributed by atoms with van der Waals surface area (Å²) in [6, 6.07) is 14.4. The largest absolute Gasteiger partial charge is 0.493 e. The molecule has 0 aliphatic carbocycles. The van der Waals surface area contributed by atoms with Gasteiger partial charge in [-0.15, -0.1) is 0 Å². The molecule has 0 aliphatic heterocycles. The normalized spacial score (nSPS) is 10.5. The van der Waals surface area contributed by atoms with E-state index in [1.807, 2.05) is 13.0 Å². The Hall–Kier alpha value is -3.15. The average Bonchev–Trinajstić information content (AvgIpc) is 3.09. The molecule has 128 valence electrons. The molecule has 0 aliphatic rings. The van der Waals surface area contributed by atoms with Crippen LogP contribution >= 0.6 is 0 Å². The second kappa shape index (κ2) is 7.61. The number of para-hydroxylation sites is 1. The molecule has 2 aromatic carbocycles. The van der Waals surface area contributed by atoms with Crippen molar-refractivity contribution in [2.75, 3.05) is 11.9 Å². The van der Waals surface area contributed by atoms with Crippen molar-refractivity contribution in [2.24, 2.45) is 0 Å². The predicted octanol–water partition coefficient (Wildman–Crippen LogP) is 4.52. The number of rotatable bonds is 6. The molecule has 1 heterocycles. The van der Waals surface area contributed by atoms with Crippen molar-refractivity contribution in [1.29, 1.82) is 0 Å². The van der Waals surface area contributed by atoms with Gasteiger partial charge in [0.1, 0.15) is 17.3 Å². The number of nitrogens with one attached hydrogen (secondary N) is 1. The van der Waals surface area contributed by atoms with Gasteiger partial charge in [-0.05, 0) is 42.8 Å². The van der Waals surface area contributed by atoms with Crippen LogP contribution in [0, 0.1) is 5.82 Å². The summed E-state index contributed by atoms with van der Waals surface area (Å²) in [6.45, 7) is 2.52. The number of halogens is 1. The lowest BCUT2D eigenvalue weighted by molar-refractivity contribution is 0.102. The minimum atomic E-state index is -0.353. The molecule has 1 amide bonds. The van der Waals surface area contributed by atoms with Crippen LogP contribution in [-0.2, 0) is 0 Å². The first kappa shape index (κ1) is 16.7. The van der Waals surface area contributed by atoms with Crippen molar-refractivity contribution in [3.05, 3.63) is 66.0 Å². The molecular weight excluding hydrogens is 323 g/mol. The molecule has 25 heavy (non-hydrogen) atoms. The number of ether oxygens (including phenoxy) is 1. The molecule has 3 aromatic rings. The SMILES string of the molecule is CCCOc1ccccc1C(=O)Nc1cc(-c2ccc(F)cc2)no1. The molecule has 0 spiro atoms. The lowest BCUT2D eigenvalue weighted by Gasteiger charge is -2.09. The van der Waals surface area contributed by atoms with E-state index in [-0.39, 0.29) is 17.6 Å². The van der Waals surface area contributed by atoms with E-state index in [2.05, 4.69) is 10.5 Å². The van der Waals surface area contributed by atoms with Crippen molar-refractivity contribution in [2.45, 2.75) is 13.3 Å². The van der Waals surface area contributed by atoms with Gasteiger partial charge in [0.05, 0.1) is 12.2 Å². The second-order valence-corrected chi connectivity index (χ2v) is 5.38. The number of aromatic nitrogens is 1. The van der Waals surface area contributed by atoms with Gasteiger partial charge in [0.2, 0.25) is 5.88 Å². The monoisotopic (exact) mass is 340 g/mol. The van der Waals surface area contributed by atoms with E-state index in [1.165, 1.54) is 12.1 Å². The number of carbonyl (C=O) groups excluding carboxylic acids is 1. The Morgan fingerprint density at radius 3 is 2.72 bits per heavy atom. The number of anilines is 1. The van der Waals surface area contributed by atoms with Crippen molar-refractivity contribution < 1.29 is 18.4 Å². The summed E-state index contributed by atoms with van der Waals surface area (Å²) < 4.78 is 23.7. The zero-order valence-corrected chi connectivity index (χ0v) is 13.7. The van der Waals surface area contributed by atoms with Crippen LogP contribution in [-0.4, -0.2) is 17.7 Å². The van der Waals surface area contributed by atoms with Gasteiger partial charge in [-0.3, -0.25) is 10.1 Å². The fourth-order valence-corrected chi connectivity index (χ4v) is 2.26. The molecule has 0 bridgehead atoms. The van der Waals surface area contributed by atoms with Crippen molar-refractivity contribution >= 4 is 11.8 Å². The summed E-state index contributed by atoms with van der Waals surface area (Å²) in [4.78, 5) is 12.5. The Morgan fingerprint density at radius 2 is 1.96 bits per heavy atom. The van der Waals surface area contributed by atoms with Crippen LogP contribution in [0.3, 0.4) is 0 Å². The van der Waals surface area contributed by atoms with Gasteiger partial charge in [-0.25, -0.2) is 4.39 Å². The number of hydrogen-bond donors (Lipinski definition) is 1. The Morgan fingerprint density at radius 1 is 1.20 bits per heavy atom. The number of amides is 1. The Bertz CT molecular complexity index is 859. The highest BCUT2D eigenvalue weighted by Crippen LogP contribution is 2.24. The van der Waals surface area contributed by atoms with Gasteiger partial charge in [0, 0.05) is 11.6 Å². The van der Waals surface area contributed by atoms with E-state index in [0.29, 0.717) is 29.2 Å². The zero-order chi connectivity index (χ0) is 17.6. The molecule has 0 atom stereocenters. The topological polar surface area (TPSA) is 64.4 Å². The molecular formula is C19H17FN2O3. The predicted molar refractivity (Wildman–Crippen MR) is 92.1 cm³/mol. The first-order valence-corrected chi connectivity index (χ1v) is 7.93. The minimum Gasteiger partial charge on any atom is -0.493 e. The molecule has 1 aromatic heterocycles. The molecule has 3 rings (SSSR count). The first-order valence-electron chi connectivity index (χ1n) is 7.93. The number of carbonyl (C=O) groups is 1. The van der Waals surface area contributed by atoms with Crippen LogP contribution in [0.25, 0.3) is 11.3 Å². The summed E-state index contributed by atoms with van der Waals surface area (Å²) in [5.74, 6) is 0.0349. The van der Waals surface area contributed by atoms with E-state index in [0.717, 1.165) is 6.42 Å². The molecule has 0 saturated carbocycles. The van der Waals surface area contributed by atoms with Gasteiger partial charge in [-0.1, -0.05) is 24.2 Å². The number of hydrogen-bond acceptors (Lipinski definition) is 4. The Kier molecular flexibility index (Phi) is 5.09. The van der Waals surface area contributed by atoms with Crippen LogP contribution < -0.4 is 10.1 Å². The lowest BCUT2D eigenvalue weighted by atomic mass is 10.1. The van der Waals surface area contributed by atoms with Crippen LogP contribution in [0.15, 0.2) is 59.1 Å². The lowest BCUT2D eigenvalue weighted by Crippen LogP contribution is -2.13. The minimum absolute atomic E-state index is 0.203. The fraction of sp³-hybridized carbons (Fsp3) is 0.158. The van der Waals surface area contributed by atoms with E-state index in [4.69, 9.17) is 9.26 Å². The van der Waals surface area contributed by atoms with Crippen LogP contribution in [0.5, 0.6) is 5.75 Å². The smallest absolute Gasteiger partial charge is 0.261 e. The summed E-state index contributed by atoms with van der Waals surface area (Å²) in [6.07, 6.45) is 0.846. The fourth-order valence-electron chi connectivity index (χ4n) is 2.26. The molecule has 5 nitrogen and oxygen atoms in total. The zero-order valence-electron chi connectivity index (χ0n) is 13.7.